The molecular formula is C27H20ClF5N2O3. The Morgan fingerprint density at radius 2 is 1.74 bits per heavy atom. The number of halogens is 6. The van der Waals surface area contributed by atoms with Gasteiger partial charge in [0, 0.05) is 46.2 Å². The summed E-state index contributed by atoms with van der Waals surface area (Å²) in [5.74, 6) is -3.33. The Kier molecular flexibility index (Phi) is 6.87. The van der Waals surface area contributed by atoms with Crippen molar-refractivity contribution in [3.8, 4) is 0 Å². The van der Waals surface area contributed by atoms with Crippen LogP contribution in [0, 0.1) is 11.6 Å². The zero-order valence-corrected chi connectivity index (χ0v) is 20.4. The summed E-state index contributed by atoms with van der Waals surface area (Å²) < 4.78 is 73.2. The van der Waals surface area contributed by atoms with Crippen molar-refractivity contribution in [2.45, 2.75) is 31.0 Å². The van der Waals surface area contributed by atoms with Crippen molar-refractivity contribution in [3.05, 3.63) is 98.6 Å². The molecule has 2 aliphatic heterocycles. The Morgan fingerprint density at radius 1 is 1.00 bits per heavy atom. The highest BCUT2D eigenvalue weighted by molar-refractivity contribution is 6.31. The van der Waals surface area contributed by atoms with Gasteiger partial charge in [0.25, 0.3) is 11.8 Å². The van der Waals surface area contributed by atoms with Crippen LogP contribution in [0.5, 0.6) is 0 Å². The highest BCUT2D eigenvalue weighted by atomic mass is 35.5. The molecule has 1 saturated heterocycles. The highest BCUT2D eigenvalue weighted by Gasteiger charge is 2.36. The molecule has 5 rings (SSSR count). The summed E-state index contributed by atoms with van der Waals surface area (Å²) in [5, 5.41) is 5.48. The third-order valence-electron chi connectivity index (χ3n) is 6.71. The first kappa shape index (κ1) is 26.1. The number of hydrogen-bond acceptors (Lipinski definition) is 3. The van der Waals surface area contributed by atoms with Gasteiger partial charge in [0.2, 0.25) is 0 Å². The summed E-state index contributed by atoms with van der Waals surface area (Å²) in [6.07, 6.45) is -3.55. The molecule has 3 aromatic carbocycles. The quantitative estimate of drug-likeness (QED) is 0.359. The first-order valence-corrected chi connectivity index (χ1v) is 12.1. The van der Waals surface area contributed by atoms with Crippen LogP contribution in [0.25, 0.3) is 0 Å². The molecule has 5 nitrogen and oxygen atoms in total. The minimum atomic E-state index is -4.86. The van der Waals surface area contributed by atoms with E-state index in [9.17, 15) is 31.5 Å². The van der Waals surface area contributed by atoms with E-state index in [1.54, 1.807) is 12.1 Å². The minimum Gasteiger partial charge on any atom is -0.381 e. The first-order valence-electron chi connectivity index (χ1n) is 11.7. The molecule has 38 heavy (non-hydrogen) atoms. The van der Waals surface area contributed by atoms with E-state index in [1.165, 1.54) is 6.07 Å². The summed E-state index contributed by atoms with van der Waals surface area (Å²) in [7, 11) is 0. The minimum absolute atomic E-state index is 0.000288. The maximum absolute atomic E-state index is 14.1. The number of rotatable bonds is 4. The van der Waals surface area contributed by atoms with Crippen LogP contribution in [0.4, 0.5) is 27.6 Å². The Bertz CT molecular complexity index is 1440. The van der Waals surface area contributed by atoms with E-state index in [0.29, 0.717) is 44.3 Å². The van der Waals surface area contributed by atoms with Crippen molar-refractivity contribution in [3.63, 3.8) is 0 Å². The van der Waals surface area contributed by atoms with E-state index in [4.69, 9.17) is 16.3 Å². The van der Waals surface area contributed by atoms with Crippen molar-refractivity contribution in [2.75, 3.05) is 18.5 Å². The number of alkyl halides is 3. The fourth-order valence-corrected chi connectivity index (χ4v) is 5.10. The second kappa shape index (κ2) is 9.99. The molecule has 1 fully saturated rings. The van der Waals surface area contributed by atoms with Gasteiger partial charge in [-0.15, -0.1) is 0 Å². The van der Waals surface area contributed by atoms with Crippen molar-refractivity contribution >= 4 is 29.1 Å². The SMILES string of the molecule is O=C(Nc1cc(C2CCOCC2)cc2c1C(c1cc(F)ccc1Cl)NC2=O)c1cc(F)cc(C(F)(F)F)c1. The maximum atomic E-state index is 14.1. The Hall–Kier alpha value is -3.50. The summed E-state index contributed by atoms with van der Waals surface area (Å²) in [6.45, 7) is 1.00. The molecule has 2 aliphatic rings. The number of nitrogens with one attached hydrogen (secondary N) is 2. The first-order chi connectivity index (χ1) is 18.0. The summed E-state index contributed by atoms with van der Waals surface area (Å²) in [6, 6.07) is 7.55. The predicted octanol–water partition coefficient (Wildman–Crippen LogP) is 6.62. The smallest absolute Gasteiger partial charge is 0.381 e. The second-order valence-corrected chi connectivity index (χ2v) is 9.58. The van der Waals surface area contributed by atoms with Crippen LogP contribution in [0.2, 0.25) is 5.02 Å². The number of ether oxygens (including phenoxy) is 1. The summed E-state index contributed by atoms with van der Waals surface area (Å²) >= 11 is 6.31. The van der Waals surface area contributed by atoms with Crippen LogP contribution < -0.4 is 10.6 Å². The Labute approximate surface area is 218 Å². The molecule has 0 aliphatic carbocycles. The molecule has 0 bridgehead atoms. The number of benzene rings is 3. The molecule has 2 N–H and O–H groups in total. The fourth-order valence-electron chi connectivity index (χ4n) is 4.87. The normalized spacial score (nSPS) is 17.7. The van der Waals surface area contributed by atoms with Gasteiger partial charge in [-0.1, -0.05) is 11.6 Å². The average molecular weight is 551 g/mol. The topological polar surface area (TPSA) is 67.4 Å². The molecule has 11 heteroatoms. The van der Waals surface area contributed by atoms with E-state index < -0.39 is 46.8 Å². The van der Waals surface area contributed by atoms with Crippen molar-refractivity contribution in [1.29, 1.82) is 0 Å². The number of carbonyl (C=O) groups is 2. The maximum Gasteiger partial charge on any atom is 0.416 e. The van der Waals surface area contributed by atoms with E-state index in [1.807, 2.05) is 0 Å². The Morgan fingerprint density at radius 3 is 2.45 bits per heavy atom. The number of fused-ring (bicyclic) bond motifs is 1. The lowest BCUT2D eigenvalue weighted by molar-refractivity contribution is -0.137. The number of anilines is 1. The standard InChI is InChI=1S/C27H20ClF5N2O3/c28-21-2-1-17(29)12-19(21)24-23-20(26(37)35-24)9-14(13-3-5-38-6-4-13)10-22(23)34-25(36)15-7-16(27(31,32)33)11-18(30)8-15/h1-2,7-13,24H,3-6H2,(H,34,36)(H,35,37). The zero-order chi connectivity index (χ0) is 27.2. The van der Waals surface area contributed by atoms with Gasteiger partial charge in [-0.05, 0) is 72.9 Å². The molecule has 1 unspecified atom stereocenters. The second-order valence-electron chi connectivity index (χ2n) is 9.17. The van der Waals surface area contributed by atoms with E-state index >= 15 is 0 Å². The van der Waals surface area contributed by atoms with Crippen molar-refractivity contribution < 1.29 is 36.3 Å². The van der Waals surface area contributed by atoms with Gasteiger partial charge in [0.1, 0.15) is 11.6 Å². The highest BCUT2D eigenvalue weighted by Crippen LogP contribution is 2.42. The third-order valence-corrected chi connectivity index (χ3v) is 7.05. The van der Waals surface area contributed by atoms with Crippen molar-refractivity contribution in [1.82, 2.24) is 5.32 Å². The molecule has 0 saturated carbocycles. The zero-order valence-electron chi connectivity index (χ0n) is 19.6. The third kappa shape index (κ3) is 5.10. The number of hydrogen-bond donors (Lipinski definition) is 2. The van der Waals surface area contributed by atoms with E-state index in [2.05, 4.69) is 10.6 Å². The van der Waals surface area contributed by atoms with Crippen LogP contribution in [0.1, 0.15) is 67.8 Å². The molecule has 1 atom stereocenters. The molecule has 0 aromatic heterocycles. The predicted molar refractivity (Wildman–Crippen MR) is 129 cm³/mol. The van der Waals surface area contributed by atoms with Gasteiger partial charge in [-0.3, -0.25) is 9.59 Å². The largest absolute Gasteiger partial charge is 0.416 e. The molecular weight excluding hydrogens is 531 g/mol. The lowest BCUT2D eigenvalue weighted by Crippen LogP contribution is -2.21. The van der Waals surface area contributed by atoms with Crippen LogP contribution in [-0.2, 0) is 10.9 Å². The molecule has 2 amide bonds. The molecule has 0 radical (unpaired) electrons. The van der Waals surface area contributed by atoms with E-state index in [0.717, 1.165) is 17.7 Å². The van der Waals surface area contributed by atoms with Crippen molar-refractivity contribution in [2.24, 2.45) is 0 Å². The van der Waals surface area contributed by atoms with Gasteiger partial charge in [0.05, 0.1) is 11.6 Å². The van der Waals surface area contributed by atoms with Gasteiger partial charge >= 0.3 is 6.18 Å². The summed E-state index contributed by atoms with van der Waals surface area (Å²) in [5.41, 5.74) is -0.304. The molecule has 3 aromatic rings. The van der Waals surface area contributed by atoms with E-state index in [-0.39, 0.29) is 33.3 Å². The lowest BCUT2D eigenvalue weighted by atomic mass is 9.87. The number of amides is 2. The monoisotopic (exact) mass is 550 g/mol. The van der Waals surface area contributed by atoms with Gasteiger partial charge in [-0.2, -0.15) is 13.2 Å². The van der Waals surface area contributed by atoms with Gasteiger partial charge in [-0.25, -0.2) is 8.78 Å². The lowest BCUT2D eigenvalue weighted by Gasteiger charge is -2.24. The number of carbonyl (C=O) groups excluding carboxylic acids is 2. The van der Waals surface area contributed by atoms with Crippen LogP contribution in [0.15, 0.2) is 48.5 Å². The van der Waals surface area contributed by atoms with Crippen LogP contribution in [0.3, 0.4) is 0 Å². The van der Waals surface area contributed by atoms with Crippen LogP contribution >= 0.6 is 11.6 Å². The fraction of sp³-hybridized carbons (Fsp3) is 0.259. The van der Waals surface area contributed by atoms with Gasteiger partial charge < -0.3 is 15.4 Å². The van der Waals surface area contributed by atoms with Crippen LogP contribution in [-0.4, -0.2) is 25.0 Å². The average Bonchev–Trinajstić information content (AvgIpc) is 3.21. The Balaban J connectivity index is 1.62. The van der Waals surface area contributed by atoms with Gasteiger partial charge in [0.15, 0.2) is 0 Å². The molecule has 0 spiro atoms. The molecule has 2 heterocycles. The summed E-state index contributed by atoms with van der Waals surface area (Å²) in [4.78, 5) is 26.2. The molecule has 198 valence electrons.